The predicted octanol–water partition coefficient (Wildman–Crippen LogP) is 3.78. The molecule has 1 atom stereocenters. The van der Waals surface area contributed by atoms with Gasteiger partial charge in [0, 0.05) is 49.7 Å². The monoisotopic (exact) mass is 492 g/mol. The van der Waals surface area contributed by atoms with E-state index in [1.165, 1.54) is 18.5 Å². The Hall–Kier alpha value is -3.39. The van der Waals surface area contributed by atoms with Gasteiger partial charge in [0.05, 0.1) is 11.5 Å². The van der Waals surface area contributed by atoms with Crippen LogP contribution in [-0.2, 0) is 14.3 Å². The van der Waals surface area contributed by atoms with Crippen LogP contribution in [0.5, 0.6) is 0 Å². The maximum absolute atomic E-state index is 12.9. The largest absolute Gasteiger partial charge is 0.461 e. The molecule has 192 valence electrons. The topological polar surface area (TPSA) is 82.2 Å². The number of likely N-dealkylation sites (N-methyl/N-ethyl adjacent to an activating group) is 1. The minimum absolute atomic E-state index is 0.0492. The van der Waals surface area contributed by atoms with E-state index in [4.69, 9.17) is 4.74 Å². The molecule has 8 nitrogen and oxygen atoms in total. The van der Waals surface area contributed by atoms with Crippen molar-refractivity contribution >= 4 is 34.8 Å². The first kappa shape index (κ1) is 25.7. The summed E-state index contributed by atoms with van der Waals surface area (Å²) in [6.07, 6.45) is 2.61. The number of carbonyl (C=O) groups excluding carboxylic acids is 3. The standard InChI is InChI=1S/C28H36N4O4/c1-3-30(4-2)17-18-36-28(35)21-7-9-23(10-8-21)29-27(34)22-19-26(33)32(20-22)25-13-11-24(12-14-25)31-15-5-6-16-31/h7-14,22H,3-6,15-20H2,1-2H3,(H,29,34). The molecule has 2 fully saturated rings. The molecule has 0 bridgehead atoms. The smallest absolute Gasteiger partial charge is 0.338 e. The lowest BCUT2D eigenvalue weighted by molar-refractivity contribution is -0.122. The molecular formula is C28H36N4O4. The van der Waals surface area contributed by atoms with Crippen molar-refractivity contribution in [1.82, 2.24) is 4.90 Å². The highest BCUT2D eigenvalue weighted by Crippen LogP contribution is 2.29. The van der Waals surface area contributed by atoms with Crippen molar-refractivity contribution in [1.29, 1.82) is 0 Å². The molecule has 2 aliphatic heterocycles. The van der Waals surface area contributed by atoms with Gasteiger partial charge in [-0.15, -0.1) is 0 Å². The van der Waals surface area contributed by atoms with E-state index in [-0.39, 0.29) is 24.2 Å². The van der Waals surface area contributed by atoms with E-state index in [0.717, 1.165) is 31.9 Å². The van der Waals surface area contributed by atoms with Gasteiger partial charge < -0.3 is 24.8 Å². The molecule has 1 unspecified atom stereocenters. The Morgan fingerprint density at radius 2 is 1.61 bits per heavy atom. The fourth-order valence-corrected chi connectivity index (χ4v) is 4.78. The van der Waals surface area contributed by atoms with E-state index in [2.05, 4.69) is 41.1 Å². The van der Waals surface area contributed by atoms with Crippen LogP contribution >= 0.6 is 0 Å². The van der Waals surface area contributed by atoms with Crippen LogP contribution < -0.4 is 15.1 Å². The molecule has 36 heavy (non-hydrogen) atoms. The number of anilines is 3. The average molecular weight is 493 g/mol. The number of hydrogen-bond donors (Lipinski definition) is 1. The highest BCUT2D eigenvalue weighted by atomic mass is 16.5. The van der Waals surface area contributed by atoms with Crippen molar-refractivity contribution in [3.8, 4) is 0 Å². The van der Waals surface area contributed by atoms with Crippen molar-refractivity contribution in [3.05, 3.63) is 54.1 Å². The van der Waals surface area contributed by atoms with Gasteiger partial charge in [0.1, 0.15) is 6.61 Å². The number of hydrogen-bond acceptors (Lipinski definition) is 6. The van der Waals surface area contributed by atoms with Crippen LogP contribution in [-0.4, -0.2) is 68.6 Å². The summed E-state index contributed by atoms with van der Waals surface area (Å²) < 4.78 is 5.35. The molecule has 8 heteroatoms. The summed E-state index contributed by atoms with van der Waals surface area (Å²) >= 11 is 0. The third-order valence-corrected chi connectivity index (χ3v) is 7.05. The maximum Gasteiger partial charge on any atom is 0.338 e. The Morgan fingerprint density at radius 1 is 0.972 bits per heavy atom. The van der Waals surface area contributed by atoms with E-state index in [1.807, 2.05) is 12.1 Å². The van der Waals surface area contributed by atoms with Gasteiger partial charge in [-0.1, -0.05) is 13.8 Å². The first-order valence-electron chi connectivity index (χ1n) is 12.9. The third-order valence-electron chi connectivity index (χ3n) is 7.05. The van der Waals surface area contributed by atoms with Gasteiger partial charge in [-0.2, -0.15) is 0 Å². The van der Waals surface area contributed by atoms with Gasteiger partial charge in [0.25, 0.3) is 0 Å². The SMILES string of the molecule is CCN(CC)CCOC(=O)c1ccc(NC(=O)C2CC(=O)N(c3ccc(N4CCCC4)cc3)C2)cc1. The lowest BCUT2D eigenvalue weighted by Crippen LogP contribution is -2.28. The summed E-state index contributed by atoms with van der Waals surface area (Å²) in [7, 11) is 0. The molecule has 0 spiro atoms. The number of esters is 1. The van der Waals surface area contributed by atoms with E-state index in [0.29, 0.717) is 30.9 Å². The summed E-state index contributed by atoms with van der Waals surface area (Å²) in [4.78, 5) is 44.0. The van der Waals surface area contributed by atoms with Gasteiger partial charge in [-0.05, 0) is 74.5 Å². The first-order valence-corrected chi connectivity index (χ1v) is 12.9. The van der Waals surface area contributed by atoms with E-state index < -0.39 is 5.92 Å². The second-order valence-corrected chi connectivity index (χ2v) is 9.35. The van der Waals surface area contributed by atoms with Crippen LogP contribution in [0, 0.1) is 5.92 Å². The predicted molar refractivity (Wildman–Crippen MR) is 141 cm³/mol. The second-order valence-electron chi connectivity index (χ2n) is 9.35. The Balaban J connectivity index is 1.28. The molecule has 4 rings (SSSR count). The zero-order valence-electron chi connectivity index (χ0n) is 21.2. The molecule has 2 amide bonds. The number of carbonyl (C=O) groups is 3. The summed E-state index contributed by atoms with van der Waals surface area (Å²) in [5.74, 6) is -1.06. The van der Waals surface area contributed by atoms with Gasteiger partial charge >= 0.3 is 5.97 Å². The second kappa shape index (κ2) is 12.0. The molecule has 2 saturated heterocycles. The van der Waals surface area contributed by atoms with Crippen LogP contribution in [0.15, 0.2) is 48.5 Å². The van der Waals surface area contributed by atoms with E-state index in [9.17, 15) is 14.4 Å². The Kier molecular flexibility index (Phi) is 8.59. The minimum Gasteiger partial charge on any atom is -0.461 e. The number of benzene rings is 2. The van der Waals surface area contributed by atoms with Crippen LogP contribution in [0.4, 0.5) is 17.1 Å². The molecule has 2 aromatic carbocycles. The first-order chi connectivity index (χ1) is 17.5. The van der Waals surface area contributed by atoms with Gasteiger partial charge in [-0.3, -0.25) is 9.59 Å². The molecule has 0 aliphatic carbocycles. The van der Waals surface area contributed by atoms with Crippen molar-refractivity contribution in [2.24, 2.45) is 5.92 Å². The quantitative estimate of drug-likeness (QED) is 0.509. The van der Waals surface area contributed by atoms with Crippen LogP contribution in [0.25, 0.3) is 0 Å². The molecule has 2 aliphatic rings. The average Bonchev–Trinajstić information content (AvgIpc) is 3.57. The van der Waals surface area contributed by atoms with Gasteiger partial charge in [-0.25, -0.2) is 4.79 Å². The lowest BCUT2D eigenvalue weighted by Gasteiger charge is -2.20. The number of nitrogens with zero attached hydrogens (tertiary/aromatic N) is 3. The van der Waals surface area contributed by atoms with Crippen LogP contribution in [0.1, 0.15) is 43.5 Å². The molecule has 1 N–H and O–H groups in total. The number of amides is 2. The van der Waals surface area contributed by atoms with Crippen molar-refractivity contribution < 1.29 is 19.1 Å². The van der Waals surface area contributed by atoms with E-state index in [1.54, 1.807) is 29.2 Å². The van der Waals surface area contributed by atoms with Crippen LogP contribution in [0.3, 0.4) is 0 Å². The maximum atomic E-state index is 12.9. The number of nitrogens with one attached hydrogen (secondary N) is 1. The van der Waals surface area contributed by atoms with Gasteiger partial charge in [0.15, 0.2) is 0 Å². The van der Waals surface area contributed by atoms with Gasteiger partial charge in [0.2, 0.25) is 11.8 Å². The highest BCUT2D eigenvalue weighted by molar-refractivity contribution is 6.03. The summed E-state index contributed by atoms with van der Waals surface area (Å²) in [6, 6.07) is 14.7. The number of rotatable bonds is 10. The Labute approximate surface area is 213 Å². The Morgan fingerprint density at radius 3 is 2.25 bits per heavy atom. The van der Waals surface area contributed by atoms with E-state index >= 15 is 0 Å². The summed E-state index contributed by atoms with van der Waals surface area (Å²) in [5, 5.41) is 2.88. The molecule has 2 aromatic rings. The molecule has 0 aromatic heterocycles. The summed E-state index contributed by atoms with van der Waals surface area (Å²) in [5.41, 5.74) is 3.02. The molecule has 0 saturated carbocycles. The van der Waals surface area contributed by atoms with Crippen LogP contribution in [0.2, 0.25) is 0 Å². The zero-order valence-corrected chi connectivity index (χ0v) is 21.2. The number of ether oxygens (including phenoxy) is 1. The fourth-order valence-electron chi connectivity index (χ4n) is 4.78. The third kappa shape index (κ3) is 6.23. The van der Waals surface area contributed by atoms with Crippen molar-refractivity contribution in [2.75, 3.05) is 61.0 Å². The zero-order chi connectivity index (χ0) is 25.5. The van der Waals surface area contributed by atoms with Crippen molar-refractivity contribution in [2.45, 2.75) is 33.1 Å². The van der Waals surface area contributed by atoms with Crippen molar-refractivity contribution in [3.63, 3.8) is 0 Å². The molecular weight excluding hydrogens is 456 g/mol. The summed E-state index contributed by atoms with van der Waals surface area (Å²) in [6.45, 7) is 9.51. The normalized spacial score (nSPS) is 17.6. The minimum atomic E-state index is -0.430. The molecule has 0 radical (unpaired) electrons. The lowest BCUT2D eigenvalue weighted by atomic mass is 10.1. The molecule has 2 heterocycles. The highest BCUT2D eigenvalue weighted by Gasteiger charge is 2.35. The fraction of sp³-hybridized carbons (Fsp3) is 0.464. The Bertz CT molecular complexity index is 1040.